The van der Waals surface area contributed by atoms with Gasteiger partial charge in [0.1, 0.15) is 10.8 Å². The number of likely N-dealkylation sites (tertiary alicyclic amines) is 1. The van der Waals surface area contributed by atoms with Gasteiger partial charge in [-0.3, -0.25) is 14.4 Å². The number of carbonyl (C=O) groups is 3. The molecule has 4 rings (SSSR count). The van der Waals surface area contributed by atoms with Crippen molar-refractivity contribution in [1.82, 2.24) is 15.2 Å². The minimum absolute atomic E-state index is 0.223. The Balaban J connectivity index is 1.35. The van der Waals surface area contributed by atoms with Crippen molar-refractivity contribution in [2.75, 3.05) is 6.54 Å². The fourth-order valence-electron chi connectivity index (χ4n) is 4.36. The number of carbonyl (C=O) groups excluding carboxylic acids is 3. The number of amides is 2. The lowest BCUT2D eigenvalue weighted by Gasteiger charge is -2.28. The third kappa shape index (κ3) is 6.75. The SMILES string of the molecule is CC(=O)O[C@H](CC(=O)NCc1nc(Cc2ccccc2)cs1)C(=O)N1CCCC1c1ccc(F)cc1. The van der Waals surface area contributed by atoms with Gasteiger partial charge in [-0.15, -0.1) is 11.3 Å². The fourth-order valence-corrected chi connectivity index (χ4v) is 5.09. The van der Waals surface area contributed by atoms with Crippen molar-refractivity contribution in [3.8, 4) is 0 Å². The Kier molecular flexibility index (Phi) is 8.43. The van der Waals surface area contributed by atoms with Crippen LogP contribution >= 0.6 is 11.3 Å². The first-order valence-corrected chi connectivity index (χ1v) is 12.7. The number of hydrogen-bond donors (Lipinski definition) is 1. The Bertz CT molecular complexity index is 1200. The number of rotatable bonds is 9. The van der Waals surface area contributed by atoms with E-state index >= 15 is 0 Å². The Labute approximate surface area is 213 Å². The zero-order valence-corrected chi connectivity index (χ0v) is 20.8. The predicted molar refractivity (Wildman–Crippen MR) is 133 cm³/mol. The summed E-state index contributed by atoms with van der Waals surface area (Å²) < 4.78 is 18.6. The summed E-state index contributed by atoms with van der Waals surface area (Å²) in [4.78, 5) is 43.9. The molecule has 2 heterocycles. The molecule has 36 heavy (non-hydrogen) atoms. The Hall–Kier alpha value is -3.59. The Morgan fingerprint density at radius 3 is 2.64 bits per heavy atom. The van der Waals surface area contributed by atoms with Gasteiger partial charge in [0.25, 0.3) is 5.91 Å². The topological polar surface area (TPSA) is 88.6 Å². The lowest BCUT2D eigenvalue weighted by Crippen LogP contribution is -2.43. The van der Waals surface area contributed by atoms with E-state index in [2.05, 4.69) is 10.3 Å². The van der Waals surface area contributed by atoms with Crippen molar-refractivity contribution in [3.05, 3.63) is 87.6 Å². The third-order valence-electron chi connectivity index (χ3n) is 6.01. The second kappa shape index (κ2) is 11.9. The fraction of sp³-hybridized carbons (Fsp3) is 0.333. The van der Waals surface area contributed by atoms with Crippen LogP contribution in [0.25, 0.3) is 0 Å². The minimum atomic E-state index is -1.23. The van der Waals surface area contributed by atoms with Crippen LogP contribution in [0.2, 0.25) is 0 Å². The van der Waals surface area contributed by atoms with Crippen molar-refractivity contribution in [1.29, 1.82) is 0 Å². The van der Waals surface area contributed by atoms with E-state index in [9.17, 15) is 18.8 Å². The molecule has 2 aromatic carbocycles. The molecular formula is C27H28FN3O4S. The smallest absolute Gasteiger partial charge is 0.303 e. The maximum atomic E-state index is 13.4. The zero-order chi connectivity index (χ0) is 25.5. The maximum Gasteiger partial charge on any atom is 0.303 e. The number of nitrogens with zero attached hydrogens (tertiary/aromatic N) is 2. The second-order valence-corrected chi connectivity index (χ2v) is 9.66. The van der Waals surface area contributed by atoms with Crippen LogP contribution in [-0.2, 0) is 32.1 Å². The number of benzene rings is 2. The highest BCUT2D eigenvalue weighted by atomic mass is 32.1. The molecule has 1 aliphatic heterocycles. The van der Waals surface area contributed by atoms with Gasteiger partial charge >= 0.3 is 5.97 Å². The van der Waals surface area contributed by atoms with Crippen LogP contribution in [0.5, 0.6) is 0 Å². The van der Waals surface area contributed by atoms with Crippen LogP contribution in [-0.4, -0.2) is 40.3 Å². The predicted octanol–water partition coefficient (Wildman–Crippen LogP) is 4.17. The van der Waals surface area contributed by atoms with Gasteiger partial charge in [0.15, 0.2) is 6.10 Å². The maximum absolute atomic E-state index is 13.4. The van der Waals surface area contributed by atoms with Gasteiger partial charge in [-0.1, -0.05) is 42.5 Å². The molecule has 0 aliphatic carbocycles. The van der Waals surface area contributed by atoms with E-state index in [1.165, 1.54) is 30.4 Å². The first-order valence-electron chi connectivity index (χ1n) is 11.9. The van der Waals surface area contributed by atoms with Crippen molar-refractivity contribution in [2.45, 2.75) is 51.3 Å². The van der Waals surface area contributed by atoms with Gasteiger partial charge in [0.2, 0.25) is 5.91 Å². The molecule has 1 aromatic heterocycles. The Morgan fingerprint density at radius 1 is 1.17 bits per heavy atom. The summed E-state index contributed by atoms with van der Waals surface area (Å²) in [7, 11) is 0. The average molecular weight is 510 g/mol. The standard InChI is InChI=1S/C27H28FN3O4S/c1-18(32)35-24(27(34)31-13-5-8-23(31)20-9-11-21(28)12-10-20)15-25(33)29-16-26-30-22(17-36-26)14-19-6-3-2-4-7-19/h2-4,6-7,9-12,17,23-24H,5,8,13-16H2,1H3,(H,29,33)/t23?,24-/m1/s1. The third-order valence-corrected chi connectivity index (χ3v) is 6.91. The van der Waals surface area contributed by atoms with E-state index in [-0.39, 0.29) is 24.8 Å². The van der Waals surface area contributed by atoms with Crippen molar-refractivity contribution in [2.24, 2.45) is 0 Å². The molecule has 0 bridgehead atoms. The number of aromatic nitrogens is 1. The molecule has 9 heteroatoms. The highest BCUT2D eigenvalue weighted by molar-refractivity contribution is 7.09. The summed E-state index contributed by atoms with van der Waals surface area (Å²) in [6.07, 6.45) is 0.675. The van der Waals surface area contributed by atoms with E-state index in [1.807, 2.05) is 35.7 Å². The second-order valence-electron chi connectivity index (χ2n) is 8.72. The van der Waals surface area contributed by atoms with Crippen LogP contribution in [0.15, 0.2) is 60.0 Å². The van der Waals surface area contributed by atoms with Gasteiger partial charge in [0, 0.05) is 25.3 Å². The van der Waals surface area contributed by atoms with E-state index in [0.717, 1.165) is 28.2 Å². The normalized spacial score (nSPS) is 15.9. The quantitative estimate of drug-likeness (QED) is 0.438. The van der Waals surface area contributed by atoms with Crippen LogP contribution in [0.3, 0.4) is 0 Å². The van der Waals surface area contributed by atoms with Crippen molar-refractivity contribution < 1.29 is 23.5 Å². The molecule has 3 aromatic rings. The summed E-state index contributed by atoms with van der Waals surface area (Å²) in [6, 6.07) is 15.8. The summed E-state index contributed by atoms with van der Waals surface area (Å²) in [5, 5.41) is 5.49. The molecular weight excluding hydrogens is 481 g/mol. The number of esters is 1. The molecule has 1 saturated heterocycles. The number of ether oxygens (including phenoxy) is 1. The molecule has 0 spiro atoms. The van der Waals surface area contributed by atoms with Gasteiger partial charge in [0.05, 0.1) is 24.7 Å². The molecule has 0 saturated carbocycles. The summed E-state index contributed by atoms with van der Waals surface area (Å²) >= 11 is 1.45. The first kappa shape index (κ1) is 25.5. The summed E-state index contributed by atoms with van der Waals surface area (Å²) in [5.74, 6) is -1.82. The molecule has 1 unspecified atom stereocenters. The lowest BCUT2D eigenvalue weighted by atomic mass is 10.0. The van der Waals surface area contributed by atoms with Crippen LogP contribution < -0.4 is 5.32 Å². The first-order chi connectivity index (χ1) is 17.4. The lowest BCUT2D eigenvalue weighted by molar-refractivity contribution is -0.160. The molecule has 188 valence electrons. The molecule has 1 fully saturated rings. The summed E-state index contributed by atoms with van der Waals surface area (Å²) in [6.45, 7) is 1.91. The largest absolute Gasteiger partial charge is 0.452 e. The van der Waals surface area contributed by atoms with E-state index < -0.39 is 23.9 Å². The Morgan fingerprint density at radius 2 is 1.92 bits per heavy atom. The number of hydrogen-bond acceptors (Lipinski definition) is 6. The van der Waals surface area contributed by atoms with Gasteiger partial charge in [-0.05, 0) is 36.1 Å². The van der Waals surface area contributed by atoms with Crippen molar-refractivity contribution in [3.63, 3.8) is 0 Å². The van der Waals surface area contributed by atoms with Gasteiger partial charge in [-0.25, -0.2) is 9.37 Å². The number of thiazole rings is 1. The molecule has 2 atom stereocenters. The monoisotopic (exact) mass is 509 g/mol. The number of nitrogens with one attached hydrogen (secondary N) is 1. The molecule has 7 nitrogen and oxygen atoms in total. The highest BCUT2D eigenvalue weighted by Gasteiger charge is 2.36. The van der Waals surface area contributed by atoms with Gasteiger partial charge < -0.3 is 15.0 Å². The van der Waals surface area contributed by atoms with E-state index in [1.54, 1.807) is 17.0 Å². The highest BCUT2D eigenvalue weighted by Crippen LogP contribution is 2.33. The molecule has 2 amide bonds. The van der Waals surface area contributed by atoms with Crippen LogP contribution in [0.4, 0.5) is 4.39 Å². The average Bonchev–Trinajstić information content (AvgIpc) is 3.53. The minimum Gasteiger partial charge on any atom is -0.452 e. The van der Waals surface area contributed by atoms with Crippen molar-refractivity contribution >= 4 is 29.1 Å². The molecule has 1 aliphatic rings. The molecule has 0 radical (unpaired) electrons. The molecule has 1 N–H and O–H groups in total. The van der Waals surface area contributed by atoms with Crippen LogP contribution in [0.1, 0.15) is 54.1 Å². The van der Waals surface area contributed by atoms with Crippen LogP contribution in [0, 0.1) is 5.82 Å². The summed E-state index contributed by atoms with van der Waals surface area (Å²) in [5.41, 5.74) is 2.88. The van der Waals surface area contributed by atoms with Gasteiger partial charge in [-0.2, -0.15) is 0 Å². The zero-order valence-electron chi connectivity index (χ0n) is 20.0. The van der Waals surface area contributed by atoms with E-state index in [4.69, 9.17) is 4.74 Å². The van der Waals surface area contributed by atoms with E-state index in [0.29, 0.717) is 19.4 Å². The number of halogens is 1.